The third kappa shape index (κ3) is 6.99. The molecular formula is C24H37NO. The van der Waals surface area contributed by atoms with Crippen molar-refractivity contribution in [1.29, 1.82) is 0 Å². The highest BCUT2D eigenvalue weighted by atomic mass is 16.5. The van der Waals surface area contributed by atoms with Gasteiger partial charge in [-0.3, -0.25) is 0 Å². The summed E-state index contributed by atoms with van der Waals surface area (Å²) in [4.78, 5) is 0. The Bertz CT molecular complexity index is 657. The smallest absolute Gasteiger partial charge is 0.124 e. The molecule has 1 N–H and O–H groups in total. The second kappa shape index (κ2) is 10.6. The Morgan fingerprint density at radius 3 is 2.38 bits per heavy atom. The highest BCUT2D eigenvalue weighted by Gasteiger charge is 2.12. The molecule has 0 aromatic heterocycles. The maximum absolute atomic E-state index is 6.19. The molecule has 0 heterocycles. The van der Waals surface area contributed by atoms with Crippen LogP contribution in [0.25, 0.3) is 10.8 Å². The lowest BCUT2D eigenvalue weighted by Crippen LogP contribution is -2.26. The molecule has 0 aliphatic heterocycles. The second-order valence-electron chi connectivity index (χ2n) is 8.54. The Kier molecular flexibility index (Phi) is 8.44. The standard InChI is InChI=1S/C24H37NO/c1-5-6-7-8-9-12-17-26-23-16-15-20-13-10-11-14-21(20)22(23)18-25-19-24(2,3)4/h10-11,13-16,25H,5-9,12,17-19H2,1-4H3. The molecule has 0 amide bonds. The van der Waals surface area contributed by atoms with Crippen molar-refractivity contribution in [3.8, 4) is 5.75 Å². The average Bonchev–Trinajstić information content (AvgIpc) is 2.61. The topological polar surface area (TPSA) is 21.3 Å². The van der Waals surface area contributed by atoms with Crippen molar-refractivity contribution in [2.24, 2.45) is 5.41 Å². The van der Waals surface area contributed by atoms with Gasteiger partial charge in [-0.2, -0.15) is 0 Å². The van der Waals surface area contributed by atoms with Gasteiger partial charge in [0.1, 0.15) is 5.75 Å². The number of hydrogen-bond acceptors (Lipinski definition) is 2. The van der Waals surface area contributed by atoms with Crippen LogP contribution in [0.2, 0.25) is 0 Å². The lowest BCUT2D eigenvalue weighted by molar-refractivity contribution is 0.300. The van der Waals surface area contributed by atoms with E-state index >= 15 is 0 Å². The first-order valence-corrected chi connectivity index (χ1v) is 10.4. The number of nitrogens with one attached hydrogen (secondary N) is 1. The van der Waals surface area contributed by atoms with Crippen LogP contribution in [-0.4, -0.2) is 13.2 Å². The Hall–Kier alpha value is -1.54. The lowest BCUT2D eigenvalue weighted by Gasteiger charge is -2.20. The molecule has 0 unspecified atom stereocenters. The minimum absolute atomic E-state index is 0.282. The van der Waals surface area contributed by atoms with E-state index in [1.165, 1.54) is 48.4 Å². The van der Waals surface area contributed by atoms with Gasteiger partial charge in [-0.15, -0.1) is 0 Å². The second-order valence-corrected chi connectivity index (χ2v) is 8.54. The van der Waals surface area contributed by atoms with Crippen LogP contribution in [-0.2, 0) is 6.54 Å². The largest absolute Gasteiger partial charge is 0.493 e. The van der Waals surface area contributed by atoms with Gasteiger partial charge in [0.25, 0.3) is 0 Å². The van der Waals surface area contributed by atoms with E-state index in [1.54, 1.807) is 0 Å². The summed E-state index contributed by atoms with van der Waals surface area (Å²) in [6, 6.07) is 12.9. The van der Waals surface area contributed by atoms with Crippen LogP contribution in [0, 0.1) is 5.41 Å². The van der Waals surface area contributed by atoms with Crippen LogP contribution in [0.15, 0.2) is 36.4 Å². The summed E-state index contributed by atoms with van der Waals surface area (Å²) in [6.45, 7) is 11.7. The molecule has 0 aliphatic carbocycles. The first-order chi connectivity index (χ1) is 12.5. The quantitative estimate of drug-likeness (QED) is 0.452. The maximum atomic E-state index is 6.19. The minimum atomic E-state index is 0.282. The number of ether oxygens (including phenoxy) is 1. The predicted molar refractivity (Wildman–Crippen MR) is 114 cm³/mol. The van der Waals surface area contributed by atoms with E-state index in [2.05, 4.69) is 69.4 Å². The molecular weight excluding hydrogens is 318 g/mol. The van der Waals surface area contributed by atoms with Gasteiger partial charge < -0.3 is 10.1 Å². The Morgan fingerprint density at radius 2 is 1.62 bits per heavy atom. The molecule has 0 fully saturated rings. The Morgan fingerprint density at radius 1 is 0.885 bits per heavy atom. The van der Waals surface area contributed by atoms with Gasteiger partial charge in [0.2, 0.25) is 0 Å². The van der Waals surface area contributed by atoms with Crippen molar-refractivity contribution in [1.82, 2.24) is 5.32 Å². The summed E-state index contributed by atoms with van der Waals surface area (Å²) >= 11 is 0. The highest BCUT2D eigenvalue weighted by molar-refractivity contribution is 5.87. The van der Waals surface area contributed by atoms with Crippen LogP contribution in [0.1, 0.15) is 71.8 Å². The SMILES string of the molecule is CCCCCCCCOc1ccc2ccccc2c1CNCC(C)(C)C. The maximum Gasteiger partial charge on any atom is 0.124 e. The molecule has 2 aromatic rings. The summed E-state index contributed by atoms with van der Waals surface area (Å²) in [6.07, 6.45) is 7.76. The third-order valence-corrected chi connectivity index (χ3v) is 4.71. The fraction of sp³-hybridized carbons (Fsp3) is 0.583. The van der Waals surface area contributed by atoms with E-state index in [4.69, 9.17) is 4.74 Å². The molecule has 2 aromatic carbocycles. The van der Waals surface area contributed by atoms with Crippen molar-refractivity contribution in [3.63, 3.8) is 0 Å². The molecule has 2 nitrogen and oxygen atoms in total. The molecule has 0 aliphatic rings. The first kappa shape index (κ1) is 20.8. The lowest BCUT2D eigenvalue weighted by atomic mass is 9.96. The average molecular weight is 356 g/mol. The molecule has 0 spiro atoms. The summed E-state index contributed by atoms with van der Waals surface area (Å²) in [5, 5.41) is 6.20. The highest BCUT2D eigenvalue weighted by Crippen LogP contribution is 2.28. The van der Waals surface area contributed by atoms with E-state index in [9.17, 15) is 0 Å². The number of benzene rings is 2. The zero-order valence-electron chi connectivity index (χ0n) is 17.2. The number of fused-ring (bicyclic) bond motifs is 1. The van der Waals surface area contributed by atoms with E-state index in [0.717, 1.165) is 31.9 Å². The van der Waals surface area contributed by atoms with Crippen molar-refractivity contribution < 1.29 is 4.74 Å². The van der Waals surface area contributed by atoms with Crippen LogP contribution in [0.4, 0.5) is 0 Å². The van der Waals surface area contributed by atoms with Crippen LogP contribution >= 0.6 is 0 Å². The molecule has 0 radical (unpaired) electrons. The Labute approximate surface area is 160 Å². The minimum Gasteiger partial charge on any atom is -0.493 e. The molecule has 0 bridgehead atoms. The van der Waals surface area contributed by atoms with E-state index in [-0.39, 0.29) is 5.41 Å². The Balaban J connectivity index is 1.99. The van der Waals surface area contributed by atoms with Crippen LogP contribution < -0.4 is 10.1 Å². The van der Waals surface area contributed by atoms with Crippen molar-refractivity contribution in [2.75, 3.05) is 13.2 Å². The molecule has 0 atom stereocenters. The molecule has 0 saturated carbocycles. The van der Waals surface area contributed by atoms with Gasteiger partial charge in [0.05, 0.1) is 6.61 Å². The molecule has 2 rings (SSSR count). The monoisotopic (exact) mass is 355 g/mol. The predicted octanol–water partition coefficient (Wildman–Crippen LogP) is 6.71. The van der Waals surface area contributed by atoms with E-state index in [0.29, 0.717) is 0 Å². The zero-order valence-corrected chi connectivity index (χ0v) is 17.2. The van der Waals surface area contributed by atoms with Gasteiger partial charge >= 0.3 is 0 Å². The van der Waals surface area contributed by atoms with Gasteiger partial charge in [-0.25, -0.2) is 0 Å². The summed E-state index contributed by atoms with van der Waals surface area (Å²) in [5.74, 6) is 1.04. The van der Waals surface area contributed by atoms with Crippen molar-refractivity contribution >= 4 is 10.8 Å². The molecule has 144 valence electrons. The van der Waals surface area contributed by atoms with Gasteiger partial charge in [0, 0.05) is 18.7 Å². The third-order valence-electron chi connectivity index (χ3n) is 4.71. The van der Waals surface area contributed by atoms with Crippen LogP contribution in [0.5, 0.6) is 5.75 Å². The fourth-order valence-electron chi connectivity index (χ4n) is 3.26. The summed E-state index contributed by atoms with van der Waals surface area (Å²) < 4.78 is 6.19. The van der Waals surface area contributed by atoms with E-state index in [1.807, 2.05) is 0 Å². The normalized spacial score (nSPS) is 11.8. The molecule has 2 heteroatoms. The van der Waals surface area contributed by atoms with Crippen LogP contribution in [0.3, 0.4) is 0 Å². The van der Waals surface area contributed by atoms with Gasteiger partial charge in [-0.05, 0) is 28.7 Å². The number of unbranched alkanes of at least 4 members (excludes halogenated alkanes) is 5. The van der Waals surface area contributed by atoms with E-state index < -0.39 is 0 Å². The number of hydrogen-bond donors (Lipinski definition) is 1. The van der Waals surface area contributed by atoms with Crippen molar-refractivity contribution in [3.05, 3.63) is 42.0 Å². The summed E-state index contributed by atoms with van der Waals surface area (Å²) in [7, 11) is 0. The first-order valence-electron chi connectivity index (χ1n) is 10.4. The molecule has 26 heavy (non-hydrogen) atoms. The van der Waals surface area contributed by atoms with Gasteiger partial charge in [-0.1, -0.05) is 90.1 Å². The van der Waals surface area contributed by atoms with Crippen molar-refractivity contribution in [2.45, 2.75) is 72.8 Å². The summed E-state index contributed by atoms with van der Waals surface area (Å²) in [5.41, 5.74) is 1.57. The van der Waals surface area contributed by atoms with Gasteiger partial charge in [0.15, 0.2) is 0 Å². The number of rotatable bonds is 11. The fourth-order valence-corrected chi connectivity index (χ4v) is 3.26. The molecule has 0 saturated heterocycles. The zero-order chi connectivity index (χ0) is 18.8.